The zero-order chi connectivity index (χ0) is 17.6. The number of benzene rings is 2. The van der Waals surface area contributed by atoms with Gasteiger partial charge in [0.25, 0.3) is 0 Å². The van der Waals surface area contributed by atoms with Crippen LogP contribution in [0, 0.1) is 13.8 Å². The van der Waals surface area contributed by atoms with Crippen molar-refractivity contribution in [3.8, 4) is 0 Å². The molecule has 0 spiro atoms. The second kappa shape index (κ2) is 8.03. The lowest BCUT2D eigenvalue weighted by Crippen LogP contribution is -2.06. The van der Waals surface area contributed by atoms with Crippen LogP contribution in [0.15, 0.2) is 64.0 Å². The molecule has 4 nitrogen and oxygen atoms in total. The summed E-state index contributed by atoms with van der Waals surface area (Å²) in [5, 5.41) is 3.98. The number of ether oxygens (including phenoxy) is 1. The topological polar surface area (TPSA) is 52.3 Å². The van der Waals surface area contributed by atoms with E-state index < -0.39 is 0 Å². The third-order valence-electron chi connectivity index (χ3n) is 3.65. The zero-order valence-corrected chi connectivity index (χ0v) is 15.0. The molecule has 128 valence electrons. The molecule has 1 aromatic heterocycles. The first-order valence-corrected chi connectivity index (χ1v) is 8.97. The van der Waals surface area contributed by atoms with Crippen LogP contribution >= 0.6 is 11.8 Å². The fraction of sp³-hybridized carbons (Fsp3) is 0.200. The Labute approximate surface area is 151 Å². The number of esters is 1. The first-order chi connectivity index (χ1) is 12.1. The Kier molecular flexibility index (Phi) is 5.56. The van der Waals surface area contributed by atoms with Crippen molar-refractivity contribution >= 4 is 17.7 Å². The SMILES string of the molecule is Cc1ccc(COC(=O)c2ccccc2SCc2cc(C)on2)cc1. The Morgan fingerprint density at radius 2 is 1.88 bits per heavy atom. The highest BCUT2D eigenvalue weighted by molar-refractivity contribution is 7.98. The van der Waals surface area contributed by atoms with E-state index in [-0.39, 0.29) is 12.6 Å². The van der Waals surface area contributed by atoms with Crippen LogP contribution in [-0.2, 0) is 17.1 Å². The van der Waals surface area contributed by atoms with E-state index in [4.69, 9.17) is 9.26 Å². The van der Waals surface area contributed by atoms with Gasteiger partial charge in [-0.05, 0) is 31.5 Å². The second-order valence-corrected chi connectivity index (χ2v) is 6.79. The predicted molar refractivity (Wildman–Crippen MR) is 97.5 cm³/mol. The van der Waals surface area contributed by atoms with E-state index in [0.717, 1.165) is 21.9 Å². The molecular formula is C20H19NO3S. The fourth-order valence-corrected chi connectivity index (χ4v) is 3.23. The molecule has 5 heteroatoms. The summed E-state index contributed by atoms with van der Waals surface area (Å²) in [6.45, 7) is 4.15. The number of carbonyl (C=O) groups is 1. The van der Waals surface area contributed by atoms with Gasteiger partial charge in [-0.25, -0.2) is 4.79 Å². The van der Waals surface area contributed by atoms with Crippen LogP contribution in [0.1, 0.15) is 32.9 Å². The number of carbonyl (C=O) groups excluding carboxylic acids is 1. The number of hydrogen-bond acceptors (Lipinski definition) is 5. The van der Waals surface area contributed by atoms with E-state index in [1.165, 1.54) is 5.56 Å². The van der Waals surface area contributed by atoms with Gasteiger partial charge in [-0.15, -0.1) is 11.8 Å². The van der Waals surface area contributed by atoms with Crippen molar-refractivity contribution in [2.75, 3.05) is 0 Å². The average molecular weight is 353 g/mol. The molecule has 3 aromatic rings. The molecule has 0 radical (unpaired) electrons. The lowest BCUT2D eigenvalue weighted by molar-refractivity contribution is 0.0468. The van der Waals surface area contributed by atoms with Gasteiger partial charge < -0.3 is 9.26 Å². The molecule has 0 aliphatic heterocycles. The van der Waals surface area contributed by atoms with Gasteiger partial charge in [0.1, 0.15) is 12.4 Å². The zero-order valence-electron chi connectivity index (χ0n) is 14.2. The maximum Gasteiger partial charge on any atom is 0.339 e. The number of aromatic nitrogens is 1. The molecule has 0 N–H and O–H groups in total. The van der Waals surface area contributed by atoms with Crippen molar-refractivity contribution in [2.45, 2.75) is 31.1 Å². The molecule has 0 amide bonds. The summed E-state index contributed by atoms with van der Waals surface area (Å²) in [6, 6.07) is 17.3. The average Bonchev–Trinajstić information content (AvgIpc) is 3.05. The van der Waals surface area contributed by atoms with Gasteiger partial charge in [-0.1, -0.05) is 47.1 Å². The van der Waals surface area contributed by atoms with Gasteiger partial charge in [-0.2, -0.15) is 0 Å². The largest absolute Gasteiger partial charge is 0.457 e. The van der Waals surface area contributed by atoms with E-state index in [9.17, 15) is 4.79 Å². The molecule has 0 aliphatic carbocycles. The lowest BCUT2D eigenvalue weighted by Gasteiger charge is -2.09. The van der Waals surface area contributed by atoms with Crippen molar-refractivity contribution in [2.24, 2.45) is 0 Å². The van der Waals surface area contributed by atoms with Crippen LogP contribution in [0.4, 0.5) is 0 Å². The normalized spacial score (nSPS) is 10.6. The van der Waals surface area contributed by atoms with Gasteiger partial charge in [0.15, 0.2) is 0 Å². The highest BCUT2D eigenvalue weighted by Crippen LogP contribution is 2.27. The van der Waals surface area contributed by atoms with Crippen molar-refractivity contribution in [3.63, 3.8) is 0 Å². The van der Waals surface area contributed by atoms with Crippen LogP contribution in [-0.4, -0.2) is 11.1 Å². The fourth-order valence-electron chi connectivity index (χ4n) is 2.31. The number of aryl methyl sites for hydroxylation is 2. The Morgan fingerprint density at radius 3 is 2.60 bits per heavy atom. The van der Waals surface area contributed by atoms with Gasteiger partial charge in [0.2, 0.25) is 0 Å². The molecule has 25 heavy (non-hydrogen) atoms. The minimum atomic E-state index is -0.319. The molecule has 0 atom stereocenters. The monoisotopic (exact) mass is 353 g/mol. The van der Waals surface area contributed by atoms with E-state index in [1.807, 2.05) is 62.4 Å². The Bertz CT molecular complexity index is 855. The van der Waals surface area contributed by atoms with Crippen molar-refractivity contribution in [1.82, 2.24) is 5.16 Å². The summed E-state index contributed by atoms with van der Waals surface area (Å²) >= 11 is 1.54. The standard InChI is InChI=1S/C20H19NO3S/c1-14-7-9-16(10-8-14)12-23-20(22)18-5-3-4-6-19(18)25-13-17-11-15(2)24-21-17/h3-11H,12-13H2,1-2H3. The van der Waals surface area contributed by atoms with Crippen LogP contribution in [0.2, 0.25) is 0 Å². The molecule has 0 aliphatic rings. The maximum atomic E-state index is 12.5. The highest BCUT2D eigenvalue weighted by Gasteiger charge is 2.14. The summed E-state index contributed by atoms with van der Waals surface area (Å²) in [7, 11) is 0. The van der Waals surface area contributed by atoms with E-state index in [0.29, 0.717) is 11.3 Å². The van der Waals surface area contributed by atoms with Crippen LogP contribution in [0.25, 0.3) is 0 Å². The summed E-state index contributed by atoms with van der Waals surface area (Å²) in [4.78, 5) is 13.3. The molecule has 1 heterocycles. The van der Waals surface area contributed by atoms with Crippen molar-refractivity contribution in [3.05, 3.63) is 82.7 Å². The lowest BCUT2D eigenvalue weighted by atomic mass is 10.2. The van der Waals surface area contributed by atoms with E-state index >= 15 is 0 Å². The van der Waals surface area contributed by atoms with Gasteiger partial charge in [0, 0.05) is 16.7 Å². The number of nitrogens with zero attached hydrogens (tertiary/aromatic N) is 1. The van der Waals surface area contributed by atoms with Crippen LogP contribution in [0.5, 0.6) is 0 Å². The quantitative estimate of drug-likeness (QED) is 0.464. The first-order valence-electron chi connectivity index (χ1n) is 7.98. The Hall–Kier alpha value is -2.53. The van der Waals surface area contributed by atoms with Gasteiger partial charge in [-0.3, -0.25) is 0 Å². The summed E-state index contributed by atoms with van der Waals surface area (Å²) in [5.74, 6) is 1.10. The predicted octanol–water partition coefficient (Wildman–Crippen LogP) is 4.94. The van der Waals surface area contributed by atoms with Gasteiger partial charge in [0.05, 0.1) is 11.3 Å². The number of thioether (sulfide) groups is 1. The molecule has 0 fully saturated rings. The first kappa shape index (κ1) is 17.3. The molecule has 0 bridgehead atoms. The molecular weight excluding hydrogens is 334 g/mol. The van der Waals surface area contributed by atoms with Crippen molar-refractivity contribution < 1.29 is 14.1 Å². The molecule has 0 saturated carbocycles. The van der Waals surface area contributed by atoms with Crippen molar-refractivity contribution in [1.29, 1.82) is 0 Å². The summed E-state index contributed by atoms with van der Waals surface area (Å²) < 4.78 is 10.5. The molecule has 0 saturated heterocycles. The maximum absolute atomic E-state index is 12.5. The molecule has 3 rings (SSSR count). The minimum absolute atomic E-state index is 0.264. The Balaban J connectivity index is 1.64. The summed E-state index contributed by atoms with van der Waals surface area (Å²) in [6.07, 6.45) is 0. The molecule has 0 unspecified atom stereocenters. The minimum Gasteiger partial charge on any atom is -0.457 e. The Morgan fingerprint density at radius 1 is 1.12 bits per heavy atom. The second-order valence-electron chi connectivity index (χ2n) is 5.78. The summed E-state index contributed by atoms with van der Waals surface area (Å²) in [5.41, 5.74) is 3.58. The van der Waals surface area contributed by atoms with Crippen LogP contribution < -0.4 is 0 Å². The third kappa shape index (κ3) is 4.73. The highest BCUT2D eigenvalue weighted by atomic mass is 32.2. The third-order valence-corrected chi connectivity index (χ3v) is 4.76. The van der Waals surface area contributed by atoms with Crippen LogP contribution in [0.3, 0.4) is 0 Å². The van der Waals surface area contributed by atoms with Gasteiger partial charge >= 0.3 is 5.97 Å². The number of rotatable bonds is 6. The van der Waals surface area contributed by atoms with E-state index in [1.54, 1.807) is 17.8 Å². The number of hydrogen-bond donors (Lipinski definition) is 0. The van der Waals surface area contributed by atoms with E-state index in [2.05, 4.69) is 5.16 Å². The molecule has 2 aromatic carbocycles. The smallest absolute Gasteiger partial charge is 0.339 e.